The number of pyridine rings is 1. The van der Waals surface area contributed by atoms with Gasteiger partial charge in [-0.2, -0.15) is 0 Å². The maximum Gasteiger partial charge on any atom is 0.168 e. The van der Waals surface area contributed by atoms with Crippen LogP contribution < -0.4 is 10.1 Å². The number of nitrogens with zero attached hydrogens (tertiary/aromatic N) is 1. The van der Waals surface area contributed by atoms with Gasteiger partial charge in [0, 0.05) is 24.8 Å². The van der Waals surface area contributed by atoms with Crippen molar-refractivity contribution in [3.63, 3.8) is 0 Å². The van der Waals surface area contributed by atoms with Crippen LogP contribution in [0.4, 0.5) is 4.39 Å². The number of nitrogens with one attached hydrogen (secondary N) is 1. The van der Waals surface area contributed by atoms with E-state index in [1.165, 1.54) is 0 Å². The van der Waals surface area contributed by atoms with E-state index in [-0.39, 0.29) is 11.6 Å². The number of ether oxygens (including phenoxy) is 1. The molecule has 1 aromatic heterocycles. The standard InChI is InChI=1S/C16H19FN2O/c1-11(2)19-10-13-9-14(7-8-18-13)20-15-6-4-5-12(3)16(15)17/h4-9,11,19H,10H2,1-3H3. The van der Waals surface area contributed by atoms with Crippen LogP contribution in [0.25, 0.3) is 0 Å². The van der Waals surface area contributed by atoms with Gasteiger partial charge in [-0.3, -0.25) is 4.98 Å². The van der Waals surface area contributed by atoms with Crippen molar-refractivity contribution in [3.05, 3.63) is 53.6 Å². The summed E-state index contributed by atoms with van der Waals surface area (Å²) in [6.45, 7) is 6.52. The third-order valence-corrected chi connectivity index (χ3v) is 2.86. The summed E-state index contributed by atoms with van der Waals surface area (Å²) in [5.74, 6) is 0.496. The Labute approximate surface area is 118 Å². The van der Waals surface area contributed by atoms with Gasteiger partial charge in [0.05, 0.1) is 5.69 Å². The molecular weight excluding hydrogens is 255 g/mol. The molecule has 106 valence electrons. The van der Waals surface area contributed by atoms with Gasteiger partial charge in [0.1, 0.15) is 5.75 Å². The van der Waals surface area contributed by atoms with Crippen molar-refractivity contribution in [2.24, 2.45) is 0 Å². The Morgan fingerprint density at radius 1 is 1.30 bits per heavy atom. The van der Waals surface area contributed by atoms with E-state index in [1.807, 2.05) is 6.07 Å². The Morgan fingerprint density at radius 3 is 2.85 bits per heavy atom. The van der Waals surface area contributed by atoms with E-state index >= 15 is 0 Å². The molecule has 1 heterocycles. The molecule has 0 amide bonds. The highest BCUT2D eigenvalue weighted by Crippen LogP contribution is 2.26. The molecule has 2 aromatic rings. The van der Waals surface area contributed by atoms with Crippen molar-refractivity contribution >= 4 is 0 Å². The molecule has 0 radical (unpaired) electrons. The zero-order valence-electron chi connectivity index (χ0n) is 12.0. The normalized spacial score (nSPS) is 10.8. The van der Waals surface area contributed by atoms with Crippen LogP contribution in [-0.2, 0) is 6.54 Å². The van der Waals surface area contributed by atoms with Crippen molar-refractivity contribution in [2.75, 3.05) is 0 Å². The molecule has 0 fully saturated rings. The van der Waals surface area contributed by atoms with Crippen LogP contribution in [0.5, 0.6) is 11.5 Å². The molecule has 20 heavy (non-hydrogen) atoms. The van der Waals surface area contributed by atoms with Crippen LogP contribution in [0.2, 0.25) is 0 Å². The second-order valence-electron chi connectivity index (χ2n) is 5.01. The van der Waals surface area contributed by atoms with Gasteiger partial charge in [-0.1, -0.05) is 26.0 Å². The molecule has 0 atom stereocenters. The zero-order chi connectivity index (χ0) is 14.5. The van der Waals surface area contributed by atoms with Crippen LogP contribution >= 0.6 is 0 Å². The van der Waals surface area contributed by atoms with Gasteiger partial charge in [0.25, 0.3) is 0 Å². The fourth-order valence-electron chi connectivity index (χ4n) is 1.75. The van der Waals surface area contributed by atoms with E-state index in [0.29, 0.717) is 23.9 Å². The number of aromatic nitrogens is 1. The first kappa shape index (κ1) is 14.5. The molecule has 0 saturated carbocycles. The molecule has 0 bridgehead atoms. The van der Waals surface area contributed by atoms with Crippen LogP contribution in [0, 0.1) is 12.7 Å². The molecule has 0 saturated heterocycles. The first-order valence-electron chi connectivity index (χ1n) is 6.67. The van der Waals surface area contributed by atoms with Gasteiger partial charge in [-0.05, 0) is 24.6 Å². The summed E-state index contributed by atoms with van der Waals surface area (Å²) in [5, 5.41) is 3.28. The fourth-order valence-corrected chi connectivity index (χ4v) is 1.75. The van der Waals surface area contributed by atoms with Gasteiger partial charge in [0.2, 0.25) is 0 Å². The summed E-state index contributed by atoms with van der Waals surface area (Å²) < 4.78 is 19.5. The quantitative estimate of drug-likeness (QED) is 0.900. The number of hydrogen-bond acceptors (Lipinski definition) is 3. The molecule has 0 spiro atoms. The number of hydrogen-bond donors (Lipinski definition) is 1. The second kappa shape index (κ2) is 6.48. The van der Waals surface area contributed by atoms with Crippen molar-refractivity contribution in [3.8, 4) is 11.5 Å². The van der Waals surface area contributed by atoms with Crippen molar-refractivity contribution in [1.29, 1.82) is 0 Å². The molecule has 3 nitrogen and oxygen atoms in total. The Morgan fingerprint density at radius 2 is 2.10 bits per heavy atom. The Bertz CT molecular complexity index is 584. The number of benzene rings is 1. The predicted octanol–water partition coefficient (Wildman–Crippen LogP) is 3.82. The van der Waals surface area contributed by atoms with E-state index in [1.54, 1.807) is 37.4 Å². The van der Waals surface area contributed by atoms with E-state index in [0.717, 1.165) is 5.69 Å². The molecule has 0 aliphatic carbocycles. The highest BCUT2D eigenvalue weighted by atomic mass is 19.1. The highest BCUT2D eigenvalue weighted by molar-refractivity contribution is 5.35. The van der Waals surface area contributed by atoms with Crippen molar-refractivity contribution < 1.29 is 9.13 Å². The zero-order valence-corrected chi connectivity index (χ0v) is 12.0. The highest BCUT2D eigenvalue weighted by Gasteiger charge is 2.07. The molecule has 0 aliphatic heterocycles. The van der Waals surface area contributed by atoms with E-state index in [2.05, 4.69) is 24.1 Å². The minimum absolute atomic E-state index is 0.235. The fraction of sp³-hybridized carbons (Fsp3) is 0.312. The molecule has 0 aliphatic rings. The topological polar surface area (TPSA) is 34.1 Å². The summed E-state index contributed by atoms with van der Waals surface area (Å²) in [6, 6.07) is 9.03. The SMILES string of the molecule is Cc1cccc(Oc2ccnc(CNC(C)C)c2)c1F. The number of halogens is 1. The van der Waals surface area contributed by atoms with Gasteiger partial charge >= 0.3 is 0 Å². The Hall–Kier alpha value is -1.94. The average molecular weight is 274 g/mol. The van der Waals surface area contributed by atoms with E-state index < -0.39 is 0 Å². The molecular formula is C16H19FN2O. The molecule has 1 N–H and O–H groups in total. The largest absolute Gasteiger partial charge is 0.454 e. The first-order chi connectivity index (χ1) is 9.56. The third-order valence-electron chi connectivity index (χ3n) is 2.86. The van der Waals surface area contributed by atoms with Gasteiger partial charge in [-0.15, -0.1) is 0 Å². The maximum atomic E-state index is 13.9. The van der Waals surface area contributed by atoms with E-state index in [9.17, 15) is 4.39 Å². The lowest BCUT2D eigenvalue weighted by molar-refractivity contribution is 0.438. The summed E-state index contributed by atoms with van der Waals surface area (Å²) in [4.78, 5) is 4.26. The number of rotatable bonds is 5. The van der Waals surface area contributed by atoms with Crippen LogP contribution in [0.15, 0.2) is 36.5 Å². The minimum atomic E-state index is -0.328. The summed E-state index contributed by atoms with van der Waals surface area (Å²) in [5.41, 5.74) is 1.43. The Balaban J connectivity index is 2.13. The van der Waals surface area contributed by atoms with Crippen LogP contribution in [0.3, 0.4) is 0 Å². The monoisotopic (exact) mass is 274 g/mol. The predicted molar refractivity (Wildman–Crippen MR) is 77.4 cm³/mol. The van der Waals surface area contributed by atoms with Crippen molar-refractivity contribution in [1.82, 2.24) is 10.3 Å². The first-order valence-corrected chi connectivity index (χ1v) is 6.67. The number of aryl methyl sites for hydroxylation is 1. The maximum absolute atomic E-state index is 13.9. The lowest BCUT2D eigenvalue weighted by Crippen LogP contribution is -2.22. The lowest BCUT2D eigenvalue weighted by Gasteiger charge is -2.10. The second-order valence-corrected chi connectivity index (χ2v) is 5.01. The van der Waals surface area contributed by atoms with E-state index in [4.69, 9.17) is 4.74 Å². The summed E-state index contributed by atoms with van der Waals surface area (Å²) in [7, 11) is 0. The smallest absolute Gasteiger partial charge is 0.168 e. The molecule has 2 rings (SSSR count). The minimum Gasteiger partial charge on any atom is -0.454 e. The molecule has 1 aromatic carbocycles. The van der Waals surface area contributed by atoms with Gasteiger partial charge in [-0.25, -0.2) is 4.39 Å². The summed E-state index contributed by atoms with van der Waals surface area (Å²) in [6.07, 6.45) is 1.67. The van der Waals surface area contributed by atoms with Gasteiger partial charge in [0.15, 0.2) is 11.6 Å². The summed E-state index contributed by atoms with van der Waals surface area (Å²) >= 11 is 0. The van der Waals surface area contributed by atoms with Gasteiger partial charge < -0.3 is 10.1 Å². The molecule has 0 unspecified atom stereocenters. The third kappa shape index (κ3) is 3.78. The van der Waals surface area contributed by atoms with Crippen LogP contribution in [0.1, 0.15) is 25.1 Å². The average Bonchev–Trinajstić information content (AvgIpc) is 2.42. The van der Waals surface area contributed by atoms with Crippen LogP contribution in [-0.4, -0.2) is 11.0 Å². The van der Waals surface area contributed by atoms with Crippen molar-refractivity contribution in [2.45, 2.75) is 33.4 Å². The lowest BCUT2D eigenvalue weighted by atomic mass is 10.2. The molecule has 4 heteroatoms. The Kier molecular flexibility index (Phi) is 4.69.